The summed E-state index contributed by atoms with van der Waals surface area (Å²) >= 11 is 6.19. The molecule has 126 valence electrons. The Morgan fingerprint density at radius 1 is 1.38 bits per heavy atom. The molecule has 5 nitrogen and oxygen atoms in total. The Bertz CT molecular complexity index is 719. The molecule has 1 aromatic heterocycles. The van der Waals surface area contributed by atoms with Gasteiger partial charge < -0.3 is 16.0 Å². The average molecular weight is 345 g/mol. The second-order valence-corrected chi connectivity index (χ2v) is 6.54. The number of anilines is 1. The van der Waals surface area contributed by atoms with E-state index in [1.807, 2.05) is 43.3 Å². The molecule has 0 radical (unpaired) electrons. The maximum absolute atomic E-state index is 12.4. The number of halogens is 1. The zero-order valence-corrected chi connectivity index (χ0v) is 14.3. The van der Waals surface area contributed by atoms with E-state index < -0.39 is 6.04 Å². The predicted octanol–water partition coefficient (Wildman–Crippen LogP) is 2.44. The fourth-order valence-corrected chi connectivity index (χ4v) is 3.14. The van der Waals surface area contributed by atoms with Crippen LogP contribution in [0.5, 0.6) is 0 Å². The van der Waals surface area contributed by atoms with Crippen molar-refractivity contribution in [3.05, 3.63) is 58.7 Å². The average Bonchev–Trinajstić information content (AvgIpc) is 3.03. The van der Waals surface area contributed by atoms with Crippen LogP contribution in [0.2, 0.25) is 5.02 Å². The van der Waals surface area contributed by atoms with Crippen LogP contribution in [0.3, 0.4) is 0 Å². The number of aromatic nitrogens is 1. The minimum Gasteiger partial charge on any atom is -0.353 e. The summed E-state index contributed by atoms with van der Waals surface area (Å²) in [5, 5.41) is 3.66. The van der Waals surface area contributed by atoms with Gasteiger partial charge in [0, 0.05) is 25.3 Å². The van der Waals surface area contributed by atoms with E-state index in [1.54, 1.807) is 6.20 Å². The number of nitrogens with zero attached hydrogens (tertiary/aromatic N) is 2. The number of amides is 1. The van der Waals surface area contributed by atoms with Crippen LogP contribution in [0, 0.1) is 6.92 Å². The largest absolute Gasteiger partial charge is 0.353 e. The summed E-state index contributed by atoms with van der Waals surface area (Å²) in [7, 11) is 0. The molecule has 1 aromatic carbocycles. The third-order valence-electron chi connectivity index (χ3n) is 4.29. The molecule has 2 heterocycles. The number of hydrogen-bond donors (Lipinski definition) is 2. The molecule has 6 heteroatoms. The molecule has 3 rings (SSSR count). The number of hydrogen-bond acceptors (Lipinski definition) is 4. The van der Waals surface area contributed by atoms with Gasteiger partial charge in [0.15, 0.2) is 0 Å². The van der Waals surface area contributed by atoms with Crippen molar-refractivity contribution in [1.82, 2.24) is 10.3 Å². The van der Waals surface area contributed by atoms with E-state index in [-0.39, 0.29) is 11.9 Å². The van der Waals surface area contributed by atoms with Crippen LogP contribution in [-0.4, -0.2) is 30.0 Å². The molecule has 0 bridgehead atoms. The van der Waals surface area contributed by atoms with Gasteiger partial charge in [0.2, 0.25) is 5.91 Å². The Labute approximate surface area is 146 Å². The third-order valence-corrected chi connectivity index (χ3v) is 4.59. The number of nitrogens with one attached hydrogen (secondary N) is 1. The van der Waals surface area contributed by atoms with E-state index in [9.17, 15) is 4.79 Å². The molecule has 1 aliphatic rings. The molecule has 2 aromatic rings. The van der Waals surface area contributed by atoms with Crippen molar-refractivity contribution in [3.63, 3.8) is 0 Å². The van der Waals surface area contributed by atoms with E-state index >= 15 is 0 Å². The van der Waals surface area contributed by atoms with Crippen molar-refractivity contribution in [2.24, 2.45) is 5.73 Å². The van der Waals surface area contributed by atoms with Crippen molar-refractivity contribution < 1.29 is 4.79 Å². The van der Waals surface area contributed by atoms with Crippen LogP contribution < -0.4 is 16.0 Å². The molecule has 24 heavy (non-hydrogen) atoms. The highest BCUT2D eigenvalue weighted by atomic mass is 35.5. The van der Waals surface area contributed by atoms with Crippen molar-refractivity contribution in [2.45, 2.75) is 25.4 Å². The Hall–Kier alpha value is -2.11. The van der Waals surface area contributed by atoms with Crippen LogP contribution in [-0.2, 0) is 4.79 Å². The van der Waals surface area contributed by atoms with E-state index in [2.05, 4.69) is 15.2 Å². The summed E-state index contributed by atoms with van der Waals surface area (Å²) in [6.07, 6.45) is 2.57. The smallest absolute Gasteiger partial charge is 0.241 e. The number of pyridine rings is 1. The van der Waals surface area contributed by atoms with Gasteiger partial charge in [-0.15, -0.1) is 0 Å². The Morgan fingerprint density at radius 2 is 2.12 bits per heavy atom. The first kappa shape index (κ1) is 16.7. The minimum absolute atomic E-state index is 0.0482. The van der Waals surface area contributed by atoms with Gasteiger partial charge in [-0.25, -0.2) is 4.98 Å². The van der Waals surface area contributed by atoms with Gasteiger partial charge in [0.05, 0.1) is 5.02 Å². The van der Waals surface area contributed by atoms with Crippen molar-refractivity contribution in [2.75, 3.05) is 18.0 Å². The molecule has 2 unspecified atom stereocenters. The lowest BCUT2D eigenvalue weighted by Gasteiger charge is -2.20. The van der Waals surface area contributed by atoms with Gasteiger partial charge in [0.25, 0.3) is 0 Å². The maximum Gasteiger partial charge on any atom is 0.241 e. The molecule has 1 aliphatic heterocycles. The van der Waals surface area contributed by atoms with Crippen LogP contribution in [0.1, 0.15) is 23.6 Å². The summed E-state index contributed by atoms with van der Waals surface area (Å²) in [5.74, 6) is 0.608. The van der Waals surface area contributed by atoms with Crippen LogP contribution in [0.15, 0.2) is 42.6 Å². The normalized spacial score (nSPS) is 18.5. The second kappa shape index (κ2) is 7.20. The number of rotatable bonds is 4. The van der Waals surface area contributed by atoms with E-state index in [4.69, 9.17) is 17.3 Å². The Morgan fingerprint density at radius 3 is 2.83 bits per heavy atom. The standard InChI is InChI=1S/C18H21ClN4O/c1-12-4-6-13(7-5-12)16(20)18(24)22-14-8-10-23(11-14)17-15(19)3-2-9-21-17/h2-7,9,14,16H,8,10-11,20H2,1H3,(H,22,24). The summed E-state index contributed by atoms with van der Waals surface area (Å²) < 4.78 is 0. The Kier molecular flexibility index (Phi) is 5.02. The van der Waals surface area contributed by atoms with Gasteiger partial charge in [-0.2, -0.15) is 0 Å². The van der Waals surface area contributed by atoms with Crippen molar-refractivity contribution in [3.8, 4) is 0 Å². The van der Waals surface area contributed by atoms with E-state index in [0.29, 0.717) is 11.6 Å². The molecule has 1 amide bonds. The number of carbonyl (C=O) groups is 1. The highest BCUT2D eigenvalue weighted by Crippen LogP contribution is 2.26. The zero-order chi connectivity index (χ0) is 17.1. The zero-order valence-electron chi connectivity index (χ0n) is 13.6. The second-order valence-electron chi connectivity index (χ2n) is 6.14. The minimum atomic E-state index is -0.655. The highest BCUT2D eigenvalue weighted by molar-refractivity contribution is 6.32. The Balaban J connectivity index is 1.60. The first-order valence-electron chi connectivity index (χ1n) is 8.02. The maximum atomic E-state index is 12.4. The first-order valence-corrected chi connectivity index (χ1v) is 8.40. The lowest BCUT2D eigenvalue weighted by atomic mass is 10.0. The summed E-state index contributed by atoms with van der Waals surface area (Å²) in [5.41, 5.74) is 8.04. The summed E-state index contributed by atoms with van der Waals surface area (Å²) in [6, 6.07) is 10.7. The number of nitrogens with two attached hydrogens (primary N) is 1. The predicted molar refractivity (Wildman–Crippen MR) is 96.1 cm³/mol. The molecule has 0 aliphatic carbocycles. The number of carbonyl (C=O) groups excluding carboxylic acids is 1. The number of benzene rings is 1. The summed E-state index contributed by atoms with van der Waals surface area (Å²) in [6.45, 7) is 3.50. The van der Waals surface area contributed by atoms with Crippen LogP contribution in [0.4, 0.5) is 5.82 Å². The molecular formula is C18H21ClN4O. The third kappa shape index (κ3) is 3.68. The van der Waals surface area contributed by atoms with Gasteiger partial charge in [0.1, 0.15) is 11.9 Å². The summed E-state index contributed by atoms with van der Waals surface area (Å²) in [4.78, 5) is 18.8. The SMILES string of the molecule is Cc1ccc(C(N)C(=O)NC2CCN(c3ncccc3Cl)C2)cc1. The quantitative estimate of drug-likeness (QED) is 0.893. The topological polar surface area (TPSA) is 71.2 Å². The number of aryl methyl sites for hydroxylation is 1. The van der Waals surface area contributed by atoms with Gasteiger partial charge in [-0.05, 0) is 31.0 Å². The van der Waals surface area contributed by atoms with Crippen LogP contribution >= 0.6 is 11.6 Å². The fraction of sp³-hybridized carbons (Fsp3) is 0.333. The lowest BCUT2D eigenvalue weighted by Crippen LogP contribution is -2.42. The molecule has 2 atom stereocenters. The van der Waals surface area contributed by atoms with Crippen molar-refractivity contribution in [1.29, 1.82) is 0 Å². The molecule has 3 N–H and O–H groups in total. The van der Waals surface area contributed by atoms with Gasteiger partial charge in [-0.3, -0.25) is 4.79 Å². The van der Waals surface area contributed by atoms with E-state index in [0.717, 1.165) is 29.9 Å². The highest BCUT2D eigenvalue weighted by Gasteiger charge is 2.27. The molecule has 0 spiro atoms. The monoisotopic (exact) mass is 344 g/mol. The molecule has 1 saturated heterocycles. The van der Waals surface area contributed by atoms with Gasteiger partial charge >= 0.3 is 0 Å². The fourth-order valence-electron chi connectivity index (χ4n) is 2.90. The molecular weight excluding hydrogens is 324 g/mol. The van der Waals surface area contributed by atoms with E-state index in [1.165, 1.54) is 0 Å². The van der Waals surface area contributed by atoms with Gasteiger partial charge in [-0.1, -0.05) is 41.4 Å². The van der Waals surface area contributed by atoms with Crippen LogP contribution in [0.25, 0.3) is 0 Å². The first-order chi connectivity index (χ1) is 11.5. The molecule has 0 saturated carbocycles. The molecule has 1 fully saturated rings. The lowest BCUT2D eigenvalue weighted by molar-refractivity contribution is -0.123. The van der Waals surface area contributed by atoms with Crippen molar-refractivity contribution >= 4 is 23.3 Å².